The van der Waals surface area contributed by atoms with Crippen LogP contribution in [0.4, 0.5) is 0 Å². The molecule has 1 aliphatic rings. The Morgan fingerprint density at radius 3 is 2.56 bits per heavy atom. The topological polar surface area (TPSA) is 115 Å². The van der Waals surface area contributed by atoms with E-state index in [9.17, 15) is 9.59 Å². The molecule has 11 heteroatoms. The Hall–Kier alpha value is -1.42. The molecule has 0 aromatic carbocycles. The molecule has 2 amide bonds. The van der Waals surface area contributed by atoms with Crippen LogP contribution in [0.1, 0.15) is 25.5 Å². The van der Waals surface area contributed by atoms with Crippen molar-refractivity contribution in [3.63, 3.8) is 0 Å². The van der Waals surface area contributed by atoms with Crippen LogP contribution in [0.25, 0.3) is 0 Å². The standard InChI is InChI=1S/C16H28N6O3.2ClH/c1-10(2)15(17)16(24)18-7-14(23)21-5-6-25-13(8-21)9-22-12(4)19-11(3)20-22;;/h10,13,15H,5-9,17H2,1-4H3,(H,18,24);2*1H/t13?,15-;;/m0../s1. The summed E-state index contributed by atoms with van der Waals surface area (Å²) in [7, 11) is 0. The molecule has 0 bridgehead atoms. The van der Waals surface area contributed by atoms with Crippen molar-refractivity contribution in [2.75, 3.05) is 26.2 Å². The van der Waals surface area contributed by atoms with Crippen molar-refractivity contribution in [3.05, 3.63) is 11.6 Å². The molecule has 0 aliphatic carbocycles. The lowest BCUT2D eigenvalue weighted by Gasteiger charge is -2.33. The van der Waals surface area contributed by atoms with Gasteiger partial charge in [0.25, 0.3) is 0 Å². The molecule has 156 valence electrons. The number of nitrogens with one attached hydrogen (secondary N) is 1. The highest BCUT2D eigenvalue weighted by atomic mass is 35.5. The zero-order valence-electron chi connectivity index (χ0n) is 16.2. The van der Waals surface area contributed by atoms with Crippen LogP contribution >= 0.6 is 24.8 Å². The van der Waals surface area contributed by atoms with Crippen molar-refractivity contribution in [3.8, 4) is 0 Å². The Morgan fingerprint density at radius 2 is 2.00 bits per heavy atom. The quantitative estimate of drug-likeness (QED) is 0.667. The van der Waals surface area contributed by atoms with E-state index in [-0.39, 0.29) is 55.2 Å². The Labute approximate surface area is 172 Å². The van der Waals surface area contributed by atoms with E-state index in [1.165, 1.54) is 0 Å². The number of aryl methyl sites for hydroxylation is 2. The minimum atomic E-state index is -0.608. The van der Waals surface area contributed by atoms with Gasteiger partial charge in [0, 0.05) is 13.1 Å². The molecule has 1 aromatic rings. The normalized spacial score (nSPS) is 17.7. The highest BCUT2D eigenvalue weighted by Gasteiger charge is 2.26. The smallest absolute Gasteiger partial charge is 0.242 e. The highest BCUT2D eigenvalue weighted by molar-refractivity contribution is 5.87. The molecule has 9 nitrogen and oxygen atoms in total. The number of ether oxygens (including phenoxy) is 1. The van der Waals surface area contributed by atoms with E-state index in [0.29, 0.717) is 32.1 Å². The molecule has 3 N–H and O–H groups in total. The molecule has 2 atom stereocenters. The second-order valence-corrected chi connectivity index (χ2v) is 6.71. The Bertz CT molecular complexity index is 625. The summed E-state index contributed by atoms with van der Waals surface area (Å²) >= 11 is 0. The van der Waals surface area contributed by atoms with E-state index in [0.717, 1.165) is 5.82 Å². The number of carbonyl (C=O) groups excluding carboxylic acids is 2. The molecule has 2 heterocycles. The number of nitrogens with two attached hydrogens (primary N) is 1. The molecule has 1 fully saturated rings. The lowest BCUT2D eigenvalue weighted by molar-refractivity contribution is -0.140. The van der Waals surface area contributed by atoms with Crippen LogP contribution in [0, 0.1) is 19.8 Å². The molecular formula is C16H30Cl2N6O3. The van der Waals surface area contributed by atoms with Crippen LogP contribution in [0.5, 0.6) is 0 Å². The lowest BCUT2D eigenvalue weighted by atomic mass is 10.1. The van der Waals surface area contributed by atoms with Gasteiger partial charge in [-0.05, 0) is 19.8 Å². The minimum Gasteiger partial charge on any atom is -0.373 e. The first-order chi connectivity index (χ1) is 11.8. The second kappa shape index (κ2) is 11.4. The number of carbonyl (C=O) groups is 2. The maximum atomic E-state index is 12.3. The maximum Gasteiger partial charge on any atom is 0.242 e. The predicted molar refractivity (Wildman–Crippen MR) is 106 cm³/mol. The summed E-state index contributed by atoms with van der Waals surface area (Å²) in [6.07, 6.45) is -0.147. The first kappa shape index (κ1) is 25.6. The zero-order chi connectivity index (χ0) is 18.6. The van der Waals surface area contributed by atoms with Gasteiger partial charge in [-0.3, -0.25) is 9.59 Å². The number of hydrogen-bond donors (Lipinski definition) is 2. The van der Waals surface area contributed by atoms with Crippen LogP contribution in [-0.2, 0) is 20.9 Å². The van der Waals surface area contributed by atoms with Gasteiger partial charge in [-0.25, -0.2) is 9.67 Å². The Morgan fingerprint density at radius 1 is 1.33 bits per heavy atom. The van der Waals surface area contributed by atoms with Crippen LogP contribution < -0.4 is 11.1 Å². The fraction of sp³-hybridized carbons (Fsp3) is 0.750. The summed E-state index contributed by atoms with van der Waals surface area (Å²) < 4.78 is 7.52. The third kappa shape index (κ3) is 7.25. The van der Waals surface area contributed by atoms with Gasteiger partial charge in [-0.15, -0.1) is 24.8 Å². The fourth-order valence-corrected chi connectivity index (χ4v) is 2.68. The molecule has 27 heavy (non-hydrogen) atoms. The van der Waals surface area contributed by atoms with E-state index in [2.05, 4.69) is 15.4 Å². The number of amides is 2. The van der Waals surface area contributed by atoms with Gasteiger partial charge in [0.15, 0.2) is 0 Å². The maximum absolute atomic E-state index is 12.3. The summed E-state index contributed by atoms with van der Waals surface area (Å²) in [5.74, 6) is 1.12. The fourth-order valence-electron chi connectivity index (χ4n) is 2.68. The number of aromatic nitrogens is 3. The number of rotatable bonds is 6. The number of nitrogens with zero attached hydrogens (tertiary/aromatic N) is 4. The third-order valence-corrected chi connectivity index (χ3v) is 4.27. The summed E-state index contributed by atoms with van der Waals surface area (Å²) in [4.78, 5) is 30.2. The number of morpholine rings is 1. The van der Waals surface area contributed by atoms with Gasteiger partial charge < -0.3 is 20.7 Å². The van der Waals surface area contributed by atoms with E-state index in [1.54, 1.807) is 9.58 Å². The number of halogens is 2. The Kier molecular flexibility index (Phi) is 10.8. The molecule has 0 saturated carbocycles. The van der Waals surface area contributed by atoms with Gasteiger partial charge in [0.05, 0.1) is 31.8 Å². The SMILES string of the molecule is Cc1nc(C)n(CC2CN(C(=O)CNC(=O)[C@@H](N)C(C)C)CCO2)n1.Cl.Cl. The van der Waals surface area contributed by atoms with Crippen molar-refractivity contribution < 1.29 is 14.3 Å². The van der Waals surface area contributed by atoms with Crippen LogP contribution in [0.3, 0.4) is 0 Å². The van der Waals surface area contributed by atoms with E-state index in [1.807, 2.05) is 27.7 Å². The van der Waals surface area contributed by atoms with Crippen LogP contribution in [0.2, 0.25) is 0 Å². The van der Waals surface area contributed by atoms with Crippen molar-refractivity contribution in [1.29, 1.82) is 0 Å². The van der Waals surface area contributed by atoms with E-state index < -0.39 is 6.04 Å². The van der Waals surface area contributed by atoms with Crippen molar-refractivity contribution in [2.45, 2.75) is 46.4 Å². The van der Waals surface area contributed by atoms with Crippen molar-refractivity contribution >= 4 is 36.6 Å². The molecule has 1 aromatic heterocycles. The average molecular weight is 425 g/mol. The average Bonchev–Trinajstić information content (AvgIpc) is 2.89. The first-order valence-electron chi connectivity index (χ1n) is 8.58. The largest absolute Gasteiger partial charge is 0.373 e. The van der Waals surface area contributed by atoms with Crippen LogP contribution in [0.15, 0.2) is 0 Å². The van der Waals surface area contributed by atoms with E-state index >= 15 is 0 Å². The lowest BCUT2D eigenvalue weighted by Crippen LogP contribution is -2.52. The second-order valence-electron chi connectivity index (χ2n) is 6.71. The van der Waals surface area contributed by atoms with Gasteiger partial charge in [0.2, 0.25) is 11.8 Å². The van der Waals surface area contributed by atoms with Gasteiger partial charge in [-0.1, -0.05) is 13.8 Å². The number of hydrogen-bond acceptors (Lipinski definition) is 6. The third-order valence-electron chi connectivity index (χ3n) is 4.27. The van der Waals surface area contributed by atoms with Gasteiger partial charge in [-0.2, -0.15) is 5.10 Å². The molecular weight excluding hydrogens is 395 g/mol. The van der Waals surface area contributed by atoms with Crippen LogP contribution in [-0.4, -0.2) is 69.9 Å². The minimum absolute atomic E-state index is 0. The summed E-state index contributed by atoms with van der Waals surface area (Å²) in [6, 6.07) is -0.608. The summed E-state index contributed by atoms with van der Waals surface area (Å²) in [6.45, 7) is 9.39. The van der Waals surface area contributed by atoms with E-state index in [4.69, 9.17) is 10.5 Å². The predicted octanol–water partition coefficient (Wildman–Crippen LogP) is 0.0654. The van der Waals surface area contributed by atoms with Gasteiger partial charge >= 0.3 is 0 Å². The summed E-state index contributed by atoms with van der Waals surface area (Å²) in [5.41, 5.74) is 5.78. The molecule has 1 aliphatic heterocycles. The zero-order valence-corrected chi connectivity index (χ0v) is 17.8. The monoisotopic (exact) mass is 424 g/mol. The molecule has 0 spiro atoms. The molecule has 1 saturated heterocycles. The Balaban J connectivity index is 0.00000338. The van der Waals surface area contributed by atoms with Gasteiger partial charge in [0.1, 0.15) is 11.6 Å². The molecule has 2 rings (SSSR count). The van der Waals surface area contributed by atoms with Crippen molar-refractivity contribution in [2.24, 2.45) is 11.7 Å². The van der Waals surface area contributed by atoms with Crippen molar-refractivity contribution in [1.82, 2.24) is 25.0 Å². The molecule has 1 unspecified atom stereocenters. The highest BCUT2D eigenvalue weighted by Crippen LogP contribution is 2.09. The summed E-state index contributed by atoms with van der Waals surface area (Å²) in [5, 5.41) is 6.94. The first-order valence-corrected chi connectivity index (χ1v) is 8.58. The molecule has 0 radical (unpaired) electrons.